The SMILES string of the molecule is O=C(COC(=O)[C@@H]1CC(=O)N(c2ccccc2)C1)Nc1ccc(Oc2ccccc2)cc1. The number of amides is 2. The Hall–Kier alpha value is -4.13. The molecule has 0 spiro atoms. The normalized spacial score (nSPS) is 15.3. The predicted octanol–water partition coefficient (Wildman–Crippen LogP) is 4.01. The summed E-state index contributed by atoms with van der Waals surface area (Å²) in [6.07, 6.45) is 0.0677. The maximum atomic E-state index is 12.3. The minimum absolute atomic E-state index is 0.0677. The van der Waals surface area contributed by atoms with Crippen LogP contribution in [0.2, 0.25) is 0 Å². The van der Waals surface area contributed by atoms with Crippen molar-refractivity contribution in [2.45, 2.75) is 6.42 Å². The Morgan fingerprint density at radius 2 is 1.50 bits per heavy atom. The Labute approximate surface area is 185 Å². The fraction of sp³-hybridized carbons (Fsp3) is 0.160. The van der Waals surface area contributed by atoms with E-state index in [-0.39, 0.29) is 18.9 Å². The van der Waals surface area contributed by atoms with E-state index < -0.39 is 24.4 Å². The fourth-order valence-electron chi connectivity index (χ4n) is 3.41. The molecule has 0 saturated carbocycles. The third-order valence-electron chi connectivity index (χ3n) is 4.99. The maximum Gasteiger partial charge on any atom is 0.311 e. The first-order valence-electron chi connectivity index (χ1n) is 10.2. The zero-order valence-corrected chi connectivity index (χ0v) is 17.3. The van der Waals surface area contributed by atoms with Gasteiger partial charge in [0, 0.05) is 24.3 Å². The first-order chi connectivity index (χ1) is 15.6. The summed E-state index contributed by atoms with van der Waals surface area (Å²) in [6, 6.07) is 25.4. The van der Waals surface area contributed by atoms with Gasteiger partial charge in [-0.1, -0.05) is 36.4 Å². The molecule has 0 aliphatic carbocycles. The summed E-state index contributed by atoms with van der Waals surface area (Å²) >= 11 is 0. The third kappa shape index (κ3) is 5.31. The molecule has 1 saturated heterocycles. The van der Waals surface area contributed by atoms with Gasteiger partial charge in [0.25, 0.3) is 5.91 Å². The molecule has 0 unspecified atom stereocenters. The molecular weight excluding hydrogens is 408 g/mol. The van der Waals surface area contributed by atoms with E-state index in [0.29, 0.717) is 17.2 Å². The lowest BCUT2D eigenvalue weighted by Gasteiger charge is -2.16. The van der Waals surface area contributed by atoms with Crippen LogP contribution in [0, 0.1) is 5.92 Å². The molecule has 1 fully saturated rings. The van der Waals surface area contributed by atoms with E-state index in [2.05, 4.69) is 5.32 Å². The molecule has 162 valence electrons. The van der Waals surface area contributed by atoms with E-state index in [4.69, 9.17) is 9.47 Å². The number of anilines is 2. The van der Waals surface area contributed by atoms with Crippen molar-refractivity contribution in [2.75, 3.05) is 23.4 Å². The van der Waals surface area contributed by atoms with Gasteiger partial charge in [0.05, 0.1) is 5.92 Å². The van der Waals surface area contributed by atoms with Crippen molar-refractivity contribution >= 4 is 29.2 Å². The van der Waals surface area contributed by atoms with Gasteiger partial charge in [-0.3, -0.25) is 14.4 Å². The van der Waals surface area contributed by atoms with Crippen LogP contribution < -0.4 is 15.0 Å². The highest BCUT2D eigenvalue weighted by Crippen LogP contribution is 2.26. The second-order valence-corrected chi connectivity index (χ2v) is 7.34. The first-order valence-corrected chi connectivity index (χ1v) is 10.2. The van der Waals surface area contributed by atoms with Gasteiger partial charge in [-0.25, -0.2) is 0 Å². The van der Waals surface area contributed by atoms with E-state index in [0.717, 1.165) is 5.69 Å². The molecule has 0 bridgehead atoms. The average molecular weight is 430 g/mol. The molecule has 1 N–H and O–H groups in total. The van der Waals surface area contributed by atoms with Gasteiger partial charge in [0.2, 0.25) is 5.91 Å². The van der Waals surface area contributed by atoms with Crippen LogP contribution in [0.4, 0.5) is 11.4 Å². The molecule has 0 aromatic heterocycles. The Balaban J connectivity index is 1.24. The van der Waals surface area contributed by atoms with Gasteiger partial charge in [0.1, 0.15) is 11.5 Å². The van der Waals surface area contributed by atoms with Gasteiger partial charge in [-0.15, -0.1) is 0 Å². The largest absolute Gasteiger partial charge is 0.457 e. The van der Waals surface area contributed by atoms with Crippen molar-refractivity contribution < 1.29 is 23.9 Å². The monoisotopic (exact) mass is 430 g/mol. The Bertz CT molecular complexity index is 1080. The zero-order chi connectivity index (χ0) is 22.3. The topological polar surface area (TPSA) is 84.9 Å². The van der Waals surface area contributed by atoms with E-state index in [9.17, 15) is 14.4 Å². The summed E-state index contributed by atoms with van der Waals surface area (Å²) < 4.78 is 10.9. The van der Waals surface area contributed by atoms with Crippen LogP contribution in [-0.4, -0.2) is 30.9 Å². The summed E-state index contributed by atoms with van der Waals surface area (Å²) in [5.41, 5.74) is 1.29. The van der Waals surface area contributed by atoms with Crippen LogP contribution in [0.25, 0.3) is 0 Å². The molecule has 7 heteroatoms. The van der Waals surface area contributed by atoms with Crippen LogP contribution in [0.5, 0.6) is 11.5 Å². The predicted molar refractivity (Wildman–Crippen MR) is 119 cm³/mol. The molecule has 1 aliphatic heterocycles. The molecule has 2 amide bonds. The number of rotatable bonds is 7. The van der Waals surface area contributed by atoms with E-state index in [1.165, 1.54) is 0 Å². The number of hydrogen-bond donors (Lipinski definition) is 1. The molecule has 3 aromatic rings. The lowest BCUT2D eigenvalue weighted by atomic mass is 10.1. The lowest BCUT2D eigenvalue weighted by molar-refractivity contribution is -0.151. The summed E-state index contributed by atoms with van der Waals surface area (Å²) in [5, 5.41) is 2.67. The van der Waals surface area contributed by atoms with Crippen LogP contribution in [-0.2, 0) is 19.1 Å². The van der Waals surface area contributed by atoms with Gasteiger partial charge < -0.3 is 19.7 Å². The highest BCUT2D eigenvalue weighted by molar-refractivity contribution is 6.00. The van der Waals surface area contributed by atoms with Crippen molar-refractivity contribution in [1.29, 1.82) is 0 Å². The highest BCUT2D eigenvalue weighted by atomic mass is 16.5. The lowest BCUT2D eigenvalue weighted by Crippen LogP contribution is -2.28. The fourth-order valence-corrected chi connectivity index (χ4v) is 3.41. The van der Waals surface area contributed by atoms with Gasteiger partial charge in [-0.05, 0) is 48.5 Å². The number of esters is 1. The van der Waals surface area contributed by atoms with Crippen molar-refractivity contribution in [3.8, 4) is 11.5 Å². The summed E-state index contributed by atoms with van der Waals surface area (Å²) in [7, 11) is 0. The molecule has 32 heavy (non-hydrogen) atoms. The molecule has 7 nitrogen and oxygen atoms in total. The standard InChI is InChI=1S/C25H22N2O5/c28-23(26-19-11-13-22(14-12-19)32-21-9-5-2-6-10-21)17-31-25(30)18-15-24(29)27(16-18)20-7-3-1-4-8-20/h1-14,18H,15-17H2,(H,26,28)/t18-/m1/s1. The van der Waals surface area contributed by atoms with Gasteiger partial charge >= 0.3 is 5.97 Å². The number of benzene rings is 3. The van der Waals surface area contributed by atoms with Crippen LogP contribution in [0.15, 0.2) is 84.9 Å². The number of hydrogen-bond acceptors (Lipinski definition) is 5. The second-order valence-electron chi connectivity index (χ2n) is 7.34. The molecule has 1 aliphatic rings. The molecule has 1 heterocycles. The molecule has 4 rings (SSSR count). The number of para-hydroxylation sites is 2. The van der Waals surface area contributed by atoms with Crippen LogP contribution in [0.3, 0.4) is 0 Å². The molecule has 1 atom stereocenters. The minimum Gasteiger partial charge on any atom is -0.457 e. The molecular formula is C25H22N2O5. The average Bonchev–Trinajstić information content (AvgIpc) is 3.22. The van der Waals surface area contributed by atoms with Gasteiger partial charge in [-0.2, -0.15) is 0 Å². The van der Waals surface area contributed by atoms with Crippen molar-refractivity contribution in [3.05, 3.63) is 84.9 Å². The first kappa shape index (κ1) is 21.1. The second kappa shape index (κ2) is 9.78. The molecule has 3 aromatic carbocycles. The van der Waals surface area contributed by atoms with Crippen molar-refractivity contribution in [3.63, 3.8) is 0 Å². The third-order valence-corrected chi connectivity index (χ3v) is 4.99. The van der Waals surface area contributed by atoms with E-state index in [1.807, 2.05) is 60.7 Å². The summed E-state index contributed by atoms with van der Waals surface area (Å²) in [5.74, 6) is -0.398. The quantitative estimate of drug-likeness (QED) is 0.573. The van der Waals surface area contributed by atoms with E-state index in [1.54, 1.807) is 29.2 Å². The number of carbonyl (C=O) groups is 3. The number of ether oxygens (including phenoxy) is 2. The number of nitrogens with zero attached hydrogens (tertiary/aromatic N) is 1. The maximum absolute atomic E-state index is 12.3. The van der Waals surface area contributed by atoms with E-state index >= 15 is 0 Å². The Morgan fingerprint density at radius 3 is 2.19 bits per heavy atom. The number of nitrogens with one attached hydrogen (secondary N) is 1. The smallest absolute Gasteiger partial charge is 0.311 e. The Kier molecular flexibility index (Phi) is 6.46. The van der Waals surface area contributed by atoms with Crippen LogP contribution >= 0.6 is 0 Å². The minimum atomic E-state index is -0.593. The van der Waals surface area contributed by atoms with Gasteiger partial charge in [0.15, 0.2) is 6.61 Å². The zero-order valence-electron chi connectivity index (χ0n) is 17.3. The van der Waals surface area contributed by atoms with Crippen molar-refractivity contribution in [2.24, 2.45) is 5.92 Å². The van der Waals surface area contributed by atoms with Crippen molar-refractivity contribution in [1.82, 2.24) is 0 Å². The number of carbonyl (C=O) groups excluding carboxylic acids is 3. The Morgan fingerprint density at radius 1 is 0.875 bits per heavy atom. The summed E-state index contributed by atoms with van der Waals surface area (Å²) in [6.45, 7) is -0.177. The molecule has 0 radical (unpaired) electrons. The van der Waals surface area contributed by atoms with Crippen LogP contribution in [0.1, 0.15) is 6.42 Å². The summed E-state index contributed by atoms with van der Waals surface area (Å²) in [4.78, 5) is 38.3. The highest BCUT2D eigenvalue weighted by Gasteiger charge is 2.36.